The molecule has 0 aromatic heterocycles. The van der Waals surface area contributed by atoms with Crippen molar-refractivity contribution in [2.45, 2.75) is 45.1 Å². The number of amides is 3. The number of hydrogen-bond acceptors (Lipinski definition) is 4. The molecule has 1 unspecified atom stereocenters. The van der Waals surface area contributed by atoms with Crippen LogP contribution in [0.4, 0.5) is 15.8 Å². The second-order valence-corrected chi connectivity index (χ2v) is 7.44. The van der Waals surface area contributed by atoms with Gasteiger partial charge in [-0.1, -0.05) is 24.6 Å². The molecule has 3 rings (SSSR count). The molecule has 6 nitrogen and oxygen atoms in total. The van der Waals surface area contributed by atoms with E-state index in [0.29, 0.717) is 37.0 Å². The third-order valence-corrected chi connectivity index (χ3v) is 5.46. The lowest BCUT2D eigenvalue weighted by molar-refractivity contribution is -0.122. The van der Waals surface area contributed by atoms with E-state index < -0.39 is 23.7 Å². The minimum absolute atomic E-state index is 0.0537. The Labute approximate surface area is 173 Å². The highest BCUT2D eigenvalue weighted by Gasteiger charge is 2.41. The second kappa shape index (κ2) is 8.78. The van der Waals surface area contributed by atoms with Crippen molar-refractivity contribution in [1.82, 2.24) is 5.32 Å². The van der Waals surface area contributed by atoms with Crippen LogP contribution in [-0.4, -0.2) is 30.3 Å². The first-order chi connectivity index (χ1) is 13.9. The summed E-state index contributed by atoms with van der Waals surface area (Å²) in [5, 5.41) is 5.73. The highest BCUT2D eigenvalue weighted by Crippen LogP contribution is 2.39. The van der Waals surface area contributed by atoms with Gasteiger partial charge in [-0.3, -0.25) is 14.4 Å². The number of carbonyl (C=O) groups excluding carboxylic acids is 3. The molecule has 0 radical (unpaired) electrons. The number of anilines is 2. The third-order valence-electron chi connectivity index (χ3n) is 5.14. The quantitative estimate of drug-likeness (QED) is 0.521. The Morgan fingerprint density at radius 3 is 2.45 bits per heavy atom. The van der Waals surface area contributed by atoms with Gasteiger partial charge in [0.15, 0.2) is 0 Å². The molecule has 0 saturated carbocycles. The topological polar surface area (TPSA) is 78.5 Å². The van der Waals surface area contributed by atoms with Gasteiger partial charge in [-0.15, -0.1) is 6.58 Å². The van der Waals surface area contributed by atoms with E-state index in [9.17, 15) is 18.8 Å². The monoisotopic (exact) mass is 419 g/mol. The molecule has 2 aliphatic rings. The summed E-state index contributed by atoms with van der Waals surface area (Å²) in [7, 11) is 0. The molecule has 1 atom stereocenters. The summed E-state index contributed by atoms with van der Waals surface area (Å²) < 4.78 is 14.7. The average molecular weight is 420 g/mol. The molecule has 0 fully saturated rings. The highest BCUT2D eigenvalue weighted by atomic mass is 35.5. The Kier molecular flexibility index (Phi) is 6.37. The Hall–Kier alpha value is -2.67. The molecule has 0 bridgehead atoms. The first-order valence-corrected chi connectivity index (χ1v) is 10.0. The summed E-state index contributed by atoms with van der Waals surface area (Å²) in [5.41, 5.74) is 1.05. The van der Waals surface area contributed by atoms with Gasteiger partial charge in [0.1, 0.15) is 11.9 Å². The van der Waals surface area contributed by atoms with E-state index in [0.717, 1.165) is 23.8 Å². The molecule has 0 saturated heterocycles. The van der Waals surface area contributed by atoms with Gasteiger partial charge in [-0.2, -0.15) is 0 Å². The van der Waals surface area contributed by atoms with Crippen molar-refractivity contribution in [2.75, 3.05) is 16.8 Å². The maximum Gasteiger partial charge on any atom is 0.261 e. The zero-order chi connectivity index (χ0) is 21.1. The normalized spacial score (nSPS) is 17.3. The molecule has 1 aliphatic carbocycles. The number of imide groups is 1. The SMILES string of the molecule is C=CCNC(=O)C(CC)Nc1cc(N2C(=O)C3=C(CCCC3)C2=O)c(F)cc1Cl. The van der Waals surface area contributed by atoms with Crippen LogP contribution in [0.2, 0.25) is 5.02 Å². The fourth-order valence-corrected chi connectivity index (χ4v) is 3.82. The predicted octanol–water partition coefficient (Wildman–Crippen LogP) is 3.72. The van der Waals surface area contributed by atoms with Crippen LogP contribution < -0.4 is 15.5 Å². The molecule has 1 aliphatic heterocycles. The van der Waals surface area contributed by atoms with Gasteiger partial charge in [-0.25, -0.2) is 9.29 Å². The molecule has 29 heavy (non-hydrogen) atoms. The largest absolute Gasteiger partial charge is 0.372 e. The van der Waals surface area contributed by atoms with Crippen LogP contribution in [0, 0.1) is 5.82 Å². The van der Waals surface area contributed by atoms with Crippen molar-refractivity contribution in [3.05, 3.63) is 46.8 Å². The summed E-state index contributed by atoms with van der Waals surface area (Å²) in [5.74, 6) is -1.99. The molecule has 1 aromatic rings. The fraction of sp³-hybridized carbons (Fsp3) is 0.381. The summed E-state index contributed by atoms with van der Waals surface area (Å²) in [4.78, 5) is 38.7. The van der Waals surface area contributed by atoms with E-state index in [2.05, 4.69) is 17.2 Å². The van der Waals surface area contributed by atoms with Gasteiger partial charge in [0, 0.05) is 17.7 Å². The standard InChI is InChI=1S/C21H23ClFN3O3/c1-3-9-24-19(27)16(4-2)25-17-11-18(15(23)10-14(17)22)26-20(28)12-7-5-6-8-13(12)21(26)29/h3,10-11,16,25H,1,4-9H2,2H3,(H,24,27). The molecule has 8 heteroatoms. The highest BCUT2D eigenvalue weighted by molar-refractivity contribution is 6.35. The van der Waals surface area contributed by atoms with Crippen molar-refractivity contribution in [3.8, 4) is 0 Å². The Bertz CT molecular complexity index is 885. The van der Waals surface area contributed by atoms with Crippen molar-refractivity contribution >= 4 is 40.7 Å². The van der Waals surface area contributed by atoms with E-state index in [1.54, 1.807) is 6.08 Å². The molecular weight excluding hydrogens is 397 g/mol. The predicted molar refractivity (Wildman–Crippen MR) is 110 cm³/mol. The lowest BCUT2D eigenvalue weighted by atomic mass is 9.93. The van der Waals surface area contributed by atoms with E-state index >= 15 is 0 Å². The third kappa shape index (κ3) is 4.05. The van der Waals surface area contributed by atoms with Crippen LogP contribution in [0.25, 0.3) is 0 Å². The molecule has 2 N–H and O–H groups in total. The molecular formula is C21H23ClFN3O3. The maximum atomic E-state index is 14.7. The van der Waals surface area contributed by atoms with E-state index in [1.807, 2.05) is 6.92 Å². The van der Waals surface area contributed by atoms with Gasteiger partial charge < -0.3 is 10.6 Å². The van der Waals surface area contributed by atoms with E-state index in [1.165, 1.54) is 6.07 Å². The smallest absolute Gasteiger partial charge is 0.261 e. The minimum atomic E-state index is -0.772. The summed E-state index contributed by atoms with van der Waals surface area (Å²) >= 11 is 6.16. The van der Waals surface area contributed by atoms with Crippen molar-refractivity contribution in [3.63, 3.8) is 0 Å². The Balaban J connectivity index is 1.90. The van der Waals surface area contributed by atoms with Gasteiger partial charge in [0.25, 0.3) is 11.8 Å². The van der Waals surface area contributed by atoms with Crippen molar-refractivity contribution in [1.29, 1.82) is 0 Å². The van der Waals surface area contributed by atoms with Crippen LogP contribution >= 0.6 is 11.6 Å². The van der Waals surface area contributed by atoms with E-state index in [4.69, 9.17) is 11.6 Å². The first kappa shape index (κ1) is 21.0. The molecule has 0 spiro atoms. The van der Waals surface area contributed by atoms with E-state index in [-0.39, 0.29) is 22.3 Å². The van der Waals surface area contributed by atoms with Gasteiger partial charge in [-0.05, 0) is 44.2 Å². The van der Waals surface area contributed by atoms with Gasteiger partial charge in [0.2, 0.25) is 5.91 Å². The lowest BCUT2D eigenvalue weighted by Crippen LogP contribution is -2.39. The number of nitrogens with one attached hydrogen (secondary N) is 2. The number of hydrogen-bond donors (Lipinski definition) is 2. The minimum Gasteiger partial charge on any atom is -0.372 e. The van der Waals surface area contributed by atoms with Crippen LogP contribution in [0.5, 0.6) is 0 Å². The van der Waals surface area contributed by atoms with Crippen LogP contribution in [0.1, 0.15) is 39.0 Å². The number of benzene rings is 1. The average Bonchev–Trinajstić information content (AvgIpc) is 2.96. The number of nitrogens with zero attached hydrogens (tertiary/aromatic N) is 1. The molecule has 3 amide bonds. The van der Waals surface area contributed by atoms with Crippen molar-refractivity contribution in [2.24, 2.45) is 0 Å². The summed E-state index contributed by atoms with van der Waals surface area (Å²) in [6, 6.07) is 1.74. The molecule has 1 heterocycles. The zero-order valence-corrected chi connectivity index (χ0v) is 16.9. The number of carbonyl (C=O) groups is 3. The zero-order valence-electron chi connectivity index (χ0n) is 16.2. The maximum absolute atomic E-state index is 14.7. The van der Waals surface area contributed by atoms with Gasteiger partial charge in [0.05, 0.1) is 16.4 Å². The molecule has 154 valence electrons. The number of halogens is 2. The summed E-state index contributed by atoms with van der Waals surface area (Å²) in [6.07, 6.45) is 4.73. The lowest BCUT2D eigenvalue weighted by Gasteiger charge is -2.21. The van der Waals surface area contributed by atoms with Crippen LogP contribution in [0.3, 0.4) is 0 Å². The first-order valence-electron chi connectivity index (χ1n) is 9.64. The van der Waals surface area contributed by atoms with Crippen molar-refractivity contribution < 1.29 is 18.8 Å². The fourth-order valence-electron chi connectivity index (χ4n) is 3.61. The summed E-state index contributed by atoms with van der Waals surface area (Å²) in [6.45, 7) is 5.68. The second-order valence-electron chi connectivity index (χ2n) is 7.03. The van der Waals surface area contributed by atoms with Crippen LogP contribution in [-0.2, 0) is 14.4 Å². The molecule has 1 aromatic carbocycles. The Morgan fingerprint density at radius 1 is 1.28 bits per heavy atom. The number of rotatable bonds is 7. The Morgan fingerprint density at radius 2 is 1.90 bits per heavy atom. The van der Waals surface area contributed by atoms with Gasteiger partial charge >= 0.3 is 0 Å². The van der Waals surface area contributed by atoms with Crippen LogP contribution in [0.15, 0.2) is 35.9 Å².